The van der Waals surface area contributed by atoms with Crippen LogP contribution in [0.25, 0.3) is 6.08 Å². The number of nitrogens with zero attached hydrogens (tertiary/aromatic N) is 1. The van der Waals surface area contributed by atoms with E-state index in [-0.39, 0.29) is 35.1 Å². The molecule has 4 nitrogen and oxygen atoms in total. The molecule has 0 aliphatic heterocycles. The molecule has 0 unspecified atom stereocenters. The average Bonchev–Trinajstić information content (AvgIpc) is 2.44. The molecule has 2 rings (SSSR count). The molecule has 0 fully saturated rings. The Morgan fingerprint density at radius 3 is 2.58 bits per heavy atom. The second kappa shape index (κ2) is 9.17. The second-order valence-electron chi connectivity index (χ2n) is 4.73. The molecule has 0 saturated carbocycles. The molecule has 0 aliphatic carbocycles. The van der Waals surface area contributed by atoms with Crippen LogP contribution in [0, 0.1) is 6.92 Å². The SMILES string of the molecule is Cc1cc(Br)ccc1/C([O-])=N/S(=O)(=O)/C=C/c1cccc(Cl)c1.[Na+]. The van der Waals surface area contributed by atoms with Gasteiger partial charge in [-0.05, 0) is 54.0 Å². The Balaban J connectivity index is 0.00000288. The van der Waals surface area contributed by atoms with Gasteiger partial charge in [0.1, 0.15) is 0 Å². The van der Waals surface area contributed by atoms with E-state index in [0.717, 1.165) is 9.88 Å². The molecule has 0 atom stereocenters. The van der Waals surface area contributed by atoms with E-state index in [0.29, 0.717) is 16.1 Å². The fourth-order valence-corrected chi connectivity index (χ4v) is 3.23. The van der Waals surface area contributed by atoms with Crippen LogP contribution in [0.5, 0.6) is 0 Å². The van der Waals surface area contributed by atoms with Crippen LogP contribution in [0.1, 0.15) is 16.7 Å². The quantitative estimate of drug-likeness (QED) is 0.399. The largest absolute Gasteiger partial charge is 1.00 e. The van der Waals surface area contributed by atoms with Gasteiger partial charge in [0, 0.05) is 15.4 Å². The standard InChI is InChI=1S/C16H13BrClNO3S.Na/c1-11-9-13(17)5-6-15(11)16(20)19-23(21,22)8-7-12-3-2-4-14(18)10-12;/h2-10H,1H3,(H,19,20);/q;+1/p-1/b8-7+;. The van der Waals surface area contributed by atoms with Crippen LogP contribution in [0.3, 0.4) is 0 Å². The van der Waals surface area contributed by atoms with Gasteiger partial charge in [0.25, 0.3) is 10.0 Å². The van der Waals surface area contributed by atoms with E-state index < -0.39 is 15.9 Å². The molecule has 2 aromatic carbocycles. The molecule has 0 radical (unpaired) electrons. The first-order valence-corrected chi connectivity index (χ1v) is 9.16. The average molecular weight is 437 g/mol. The van der Waals surface area contributed by atoms with E-state index in [9.17, 15) is 13.5 Å². The molecule has 0 amide bonds. The summed E-state index contributed by atoms with van der Waals surface area (Å²) >= 11 is 9.11. The Labute approximate surface area is 176 Å². The molecule has 8 heteroatoms. The summed E-state index contributed by atoms with van der Waals surface area (Å²) in [5.41, 5.74) is 1.48. The van der Waals surface area contributed by atoms with Gasteiger partial charge in [-0.2, -0.15) is 12.8 Å². The third-order valence-electron chi connectivity index (χ3n) is 2.91. The smallest absolute Gasteiger partial charge is 0.858 e. The Morgan fingerprint density at radius 1 is 1.25 bits per heavy atom. The maximum Gasteiger partial charge on any atom is 1.00 e. The van der Waals surface area contributed by atoms with Gasteiger partial charge < -0.3 is 5.11 Å². The van der Waals surface area contributed by atoms with Crippen molar-refractivity contribution in [3.63, 3.8) is 0 Å². The molecule has 0 aliphatic rings. The summed E-state index contributed by atoms with van der Waals surface area (Å²) in [6, 6.07) is 11.6. The maximum atomic E-state index is 12.0. The zero-order valence-electron chi connectivity index (χ0n) is 13.0. The molecule has 2 aromatic rings. The number of hydrogen-bond donors (Lipinski definition) is 0. The molecule has 0 N–H and O–H groups in total. The Hall–Kier alpha value is -0.630. The third-order valence-corrected chi connectivity index (χ3v) is 4.54. The molecule has 24 heavy (non-hydrogen) atoms. The zero-order chi connectivity index (χ0) is 17.0. The predicted molar refractivity (Wildman–Crippen MR) is 94.8 cm³/mol. The van der Waals surface area contributed by atoms with Gasteiger partial charge in [-0.15, -0.1) is 0 Å². The van der Waals surface area contributed by atoms with E-state index in [2.05, 4.69) is 20.3 Å². The summed E-state index contributed by atoms with van der Waals surface area (Å²) in [7, 11) is -4.03. The summed E-state index contributed by atoms with van der Waals surface area (Å²) in [5.74, 6) is -0.800. The zero-order valence-corrected chi connectivity index (χ0v) is 18.2. The molecule has 0 saturated heterocycles. The van der Waals surface area contributed by atoms with Crippen molar-refractivity contribution in [3.05, 3.63) is 74.1 Å². The summed E-state index contributed by atoms with van der Waals surface area (Å²) < 4.78 is 28.0. The molecule has 0 bridgehead atoms. The van der Waals surface area contributed by atoms with Crippen molar-refractivity contribution in [2.75, 3.05) is 0 Å². The van der Waals surface area contributed by atoms with Gasteiger partial charge in [0.05, 0.1) is 5.41 Å². The Kier molecular flexibility index (Phi) is 8.19. The monoisotopic (exact) mass is 435 g/mol. The van der Waals surface area contributed by atoms with Crippen LogP contribution < -0.4 is 34.7 Å². The summed E-state index contributed by atoms with van der Waals surface area (Å²) in [6.07, 6.45) is 1.34. The minimum Gasteiger partial charge on any atom is -0.858 e. The number of benzene rings is 2. The van der Waals surface area contributed by atoms with Crippen LogP contribution in [0.15, 0.2) is 56.7 Å². The molecular formula is C16H12BrClNNaO3S. The van der Waals surface area contributed by atoms with Gasteiger partial charge in [-0.3, -0.25) is 0 Å². The normalized spacial score (nSPS) is 12.2. The van der Waals surface area contributed by atoms with Crippen molar-refractivity contribution in [2.45, 2.75) is 6.92 Å². The van der Waals surface area contributed by atoms with Crippen molar-refractivity contribution in [3.8, 4) is 0 Å². The first-order chi connectivity index (χ1) is 10.8. The predicted octanol–water partition coefficient (Wildman–Crippen LogP) is 0.523. The Bertz CT molecular complexity index is 898. The topological polar surface area (TPSA) is 69.6 Å². The summed E-state index contributed by atoms with van der Waals surface area (Å²) in [4.78, 5) is 0. The van der Waals surface area contributed by atoms with Gasteiger partial charge in [-0.25, -0.2) is 0 Å². The molecular weight excluding hydrogens is 425 g/mol. The fourth-order valence-electron chi connectivity index (χ4n) is 1.84. The van der Waals surface area contributed by atoms with Gasteiger partial charge >= 0.3 is 29.6 Å². The number of sulfonamides is 1. The van der Waals surface area contributed by atoms with E-state index in [4.69, 9.17) is 11.6 Å². The van der Waals surface area contributed by atoms with Crippen molar-refractivity contribution < 1.29 is 43.1 Å². The number of aryl methyl sites for hydroxylation is 1. The molecule has 120 valence electrons. The third kappa shape index (κ3) is 6.35. The van der Waals surface area contributed by atoms with Gasteiger partial charge in [-0.1, -0.05) is 45.7 Å². The van der Waals surface area contributed by atoms with Crippen molar-refractivity contribution in [1.82, 2.24) is 0 Å². The van der Waals surface area contributed by atoms with Crippen LogP contribution in [0.4, 0.5) is 0 Å². The van der Waals surface area contributed by atoms with Crippen molar-refractivity contribution >= 4 is 49.5 Å². The van der Waals surface area contributed by atoms with Crippen molar-refractivity contribution in [2.24, 2.45) is 4.40 Å². The van der Waals surface area contributed by atoms with E-state index >= 15 is 0 Å². The minimum atomic E-state index is -4.03. The second-order valence-corrected chi connectivity index (χ2v) is 7.57. The Morgan fingerprint density at radius 2 is 1.96 bits per heavy atom. The first-order valence-electron chi connectivity index (χ1n) is 6.49. The van der Waals surface area contributed by atoms with Gasteiger partial charge in [0.15, 0.2) is 0 Å². The van der Waals surface area contributed by atoms with Crippen LogP contribution in [0.2, 0.25) is 5.02 Å². The maximum absolute atomic E-state index is 12.0. The van der Waals surface area contributed by atoms with Crippen LogP contribution in [-0.4, -0.2) is 14.3 Å². The summed E-state index contributed by atoms with van der Waals surface area (Å²) in [6.45, 7) is 1.71. The van der Waals surface area contributed by atoms with E-state index in [1.807, 2.05) is 0 Å². The number of halogens is 2. The first kappa shape index (κ1) is 21.4. The van der Waals surface area contributed by atoms with Crippen LogP contribution in [-0.2, 0) is 10.0 Å². The fraction of sp³-hybridized carbons (Fsp3) is 0.0625. The van der Waals surface area contributed by atoms with Crippen LogP contribution >= 0.6 is 27.5 Å². The van der Waals surface area contributed by atoms with E-state index in [1.165, 1.54) is 12.1 Å². The van der Waals surface area contributed by atoms with Gasteiger partial charge in [0.2, 0.25) is 0 Å². The molecule has 0 spiro atoms. The number of hydrogen-bond acceptors (Lipinski definition) is 3. The molecule has 0 aromatic heterocycles. The van der Waals surface area contributed by atoms with E-state index in [1.54, 1.807) is 43.3 Å². The molecule has 0 heterocycles. The van der Waals surface area contributed by atoms with Crippen molar-refractivity contribution in [1.29, 1.82) is 0 Å². The number of rotatable bonds is 4. The minimum absolute atomic E-state index is 0. The summed E-state index contributed by atoms with van der Waals surface area (Å²) in [5, 5.41) is 13.4.